The van der Waals surface area contributed by atoms with Crippen LogP contribution in [0, 0.1) is 10.1 Å². The highest BCUT2D eigenvalue weighted by Gasteiger charge is 2.20. The summed E-state index contributed by atoms with van der Waals surface area (Å²) in [7, 11) is 0. The van der Waals surface area contributed by atoms with Crippen LogP contribution in [-0.2, 0) is 0 Å². The molecular weight excluding hydrogens is 288 g/mol. The van der Waals surface area contributed by atoms with Gasteiger partial charge >= 0.3 is 5.69 Å². The van der Waals surface area contributed by atoms with Crippen molar-refractivity contribution in [1.29, 1.82) is 0 Å². The van der Waals surface area contributed by atoms with Crippen molar-refractivity contribution in [2.75, 3.05) is 5.32 Å². The van der Waals surface area contributed by atoms with E-state index in [4.69, 9.17) is 11.6 Å². The fraction of sp³-hybridized carbons (Fsp3) is 0. The van der Waals surface area contributed by atoms with Crippen molar-refractivity contribution in [1.82, 2.24) is 9.97 Å². The minimum Gasteiger partial charge on any atom is -0.505 e. The van der Waals surface area contributed by atoms with Gasteiger partial charge in [0.2, 0.25) is 5.82 Å². The average Bonchev–Trinajstić information content (AvgIpc) is 2.38. The monoisotopic (exact) mass is 294 g/mol. The van der Waals surface area contributed by atoms with Crippen molar-refractivity contribution >= 4 is 29.0 Å². The first-order chi connectivity index (χ1) is 9.49. The molecule has 0 bridgehead atoms. The van der Waals surface area contributed by atoms with Gasteiger partial charge in [0.1, 0.15) is 10.9 Å². The molecular formula is C11H7ClN4O4. The van der Waals surface area contributed by atoms with Gasteiger partial charge in [-0.05, 0) is 18.2 Å². The predicted molar refractivity (Wildman–Crippen MR) is 69.8 cm³/mol. The summed E-state index contributed by atoms with van der Waals surface area (Å²) in [6, 6.07) is 5.05. The molecule has 2 aromatic rings. The van der Waals surface area contributed by atoms with Gasteiger partial charge in [-0.2, -0.15) is 0 Å². The van der Waals surface area contributed by atoms with Crippen LogP contribution >= 0.6 is 11.6 Å². The summed E-state index contributed by atoms with van der Waals surface area (Å²) in [5.41, 5.74) is -0.693. The van der Waals surface area contributed by atoms with Gasteiger partial charge in [-0.1, -0.05) is 11.6 Å². The zero-order valence-corrected chi connectivity index (χ0v) is 10.5. The van der Waals surface area contributed by atoms with Crippen LogP contribution in [0.2, 0.25) is 5.15 Å². The molecule has 2 aromatic heterocycles. The van der Waals surface area contributed by atoms with Gasteiger partial charge in [0, 0.05) is 12.3 Å². The third-order valence-electron chi connectivity index (χ3n) is 2.27. The van der Waals surface area contributed by atoms with E-state index in [-0.39, 0.29) is 22.4 Å². The van der Waals surface area contributed by atoms with E-state index in [2.05, 4.69) is 15.3 Å². The molecule has 20 heavy (non-hydrogen) atoms. The maximum absolute atomic E-state index is 11.9. The van der Waals surface area contributed by atoms with Crippen LogP contribution in [0.3, 0.4) is 0 Å². The van der Waals surface area contributed by atoms with Crippen molar-refractivity contribution in [2.45, 2.75) is 0 Å². The molecule has 0 radical (unpaired) electrons. The molecule has 0 aliphatic carbocycles. The molecule has 2 rings (SSSR count). The lowest BCUT2D eigenvalue weighted by molar-refractivity contribution is -0.384. The first-order valence-electron chi connectivity index (χ1n) is 5.25. The number of pyridine rings is 2. The maximum atomic E-state index is 11.9. The molecule has 0 aromatic carbocycles. The van der Waals surface area contributed by atoms with Crippen LogP contribution in [0.1, 0.15) is 10.5 Å². The van der Waals surface area contributed by atoms with Crippen LogP contribution in [0.5, 0.6) is 5.75 Å². The van der Waals surface area contributed by atoms with E-state index >= 15 is 0 Å². The van der Waals surface area contributed by atoms with Crippen molar-refractivity contribution in [2.24, 2.45) is 0 Å². The van der Waals surface area contributed by atoms with Crippen molar-refractivity contribution < 1.29 is 14.8 Å². The second kappa shape index (κ2) is 5.49. The van der Waals surface area contributed by atoms with E-state index in [1.807, 2.05) is 0 Å². The molecule has 0 aliphatic rings. The number of aromatic nitrogens is 2. The Balaban J connectivity index is 2.35. The molecule has 0 saturated heterocycles. The Morgan fingerprint density at radius 1 is 1.40 bits per heavy atom. The van der Waals surface area contributed by atoms with Gasteiger partial charge in [-0.25, -0.2) is 9.97 Å². The zero-order valence-electron chi connectivity index (χ0n) is 9.78. The maximum Gasteiger partial charge on any atom is 0.311 e. The molecule has 0 atom stereocenters. The zero-order chi connectivity index (χ0) is 14.7. The SMILES string of the molecule is O=C(Nc1nc(Cl)ccc1[N+](=O)[O-])c1ncccc1O. The van der Waals surface area contributed by atoms with Gasteiger partial charge in [0.15, 0.2) is 5.69 Å². The summed E-state index contributed by atoms with van der Waals surface area (Å²) in [6.07, 6.45) is 1.30. The molecule has 2 N–H and O–H groups in total. The summed E-state index contributed by atoms with van der Waals surface area (Å²) in [4.78, 5) is 29.3. The summed E-state index contributed by atoms with van der Waals surface area (Å²) in [6.45, 7) is 0. The van der Waals surface area contributed by atoms with Crippen LogP contribution in [0.4, 0.5) is 11.5 Å². The second-order valence-corrected chi connectivity index (χ2v) is 3.97. The summed E-state index contributed by atoms with van der Waals surface area (Å²) < 4.78 is 0. The first kappa shape index (κ1) is 13.7. The quantitative estimate of drug-likeness (QED) is 0.507. The highest BCUT2D eigenvalue weighted by Crippen LogP contribution is 2.25. The molecule has 0 saturated carbocycles. The number of hydrogen-bond donors (Lipinski definition) is 2. The van der Waals surface area contributed by atoms with Crippen LogP contribution in [-0.4, -0.2) is 25.9 Å². The molecule has 102 valence electrons. The number of carbonyl (C=O) groups excluding carboxylic acids is 1. The number of anilines is 1. The van der Waals surface area contributed by atoms with E-state index in [1.54, 1.807) is 0 Å². The third kappa shape index (κ3) is 2.81. The fourth-order valence-corrected chi connectivity index (χ4v) is 1.55. The standard InChI is InChI=1S/C11H7ClN4O4/c12-8-4-3-6(16(19)20)10(14-8)15-11(18)9-7(17)2-1-5-13-9/h1-5,17H,(H,14,15,18). The van der Waals surface area contributed by atoms with Gasteiger partial charge < -0.3 is 5.11 Å². The number of nitrogens with one attached hydrogen (secondary N) is 1. The van der Waals surface area contributed by atoms with E-state index in [1.165, 1.54) is 24.4 Å². The normalized spacial score (nSPS) is 10.1. The van der Waals surface area contributed by atoms with Gasteiger partial charge in [-0.3, -0.25) is 20.2 Å². The Hall–Kier alpha value is -2.74. The molecule has 2 heterocycles. The molecule has 0 spiro atoms. The van der Waals surface area contributed by atoms with E-state index in [0.717, 1.165) is 6.07 Å². The summed E-state index contributed by atoms with van der Waals surface area (Å²) >= 11 is 5.63. The molecule has 1 amide bonds. The topological polar surface area (TPSA) is 118 Å². The largest absolute Gasteiger partial charge is 0.505 e. The number of halogens is 1. The molecule has 0 fully saturated rings. The number of nitrogens with zero attached hydrogens (tertiary/aromatic N) is 3. The fourth-order valence-electron chi connectivity index (χ4n) is 1.41. The lowest BCUT2D eigenvalue weighted by Gasteiger charge is -2.05. The Bertz CT molecular complexity index is 692. The Kier molecular flexibility index (Phi) is 3.76. The highest BCUT2D eigenvalue weighted by molar-refractivity contribution is 6.29. The van der Waals surface area contributed by atoms with Gasteiger partial charge in [0.25, 0.3) is 5.91 Å². The molecule has 8 nitrogen and oxygen atoms in total. The van der Waals surface area contributed by atoms with Gasteiger partial charge in [0.05, 0.1) is 4.92 Å². The Morgan fingerprint density at radius 3 is 2.80 bits per heavy atom. The summed E-state index contributed by atoms with van der Waals surface area (Å²) in [5, 5.41) is 22.5. The smallest absolute Gasteiger partial charge is 0.311 e. The van der Waals surface area contributed by atoms with Gasteiger partial charge in [-0.15, -0.1) is 0 Å². The number of carbonyl (C=O) groups is 1. The first-order valence-corrected chi connectivity index (χ1v) is 5.63. The van der Waals surface area contributed by atoms with Crippen molar-refractivity contribution in [3.8, 4) is 5.75 Å². The number of rotatable bonds is 3. The van der Waals surface area contributed by atoms with Crippen molar-refractivity contribution in [3.05, 3.63) is 51.4 Å². The third-order valence-corrected chi connectivity index (χ3v) is 2.48. The number of nitro groups is 1. The lowest BCUT2D eigenvalue weighted by Crippen LogP contribution is -2.16. The molecule has 0 unspecified atom stereocenters. The minimum atomic E-state index is -0.832. The van der Waals surface area contributed by atoms with Crippen LogP contribution < -0.4 is 5.32 Å². The van der Waals surface area contributed by atoms with E-state index in [0.29, 0.717) is 0 Å². The van der Waals surface area contributed by atoms with Crippen molar-refractivity contribution in [3.63, 3.8) is 0 Å². The van der Waals surface area contributed by atoms with E-state index in [9.17, 15) is 20.0 Å². The van der Waals surface area contributed by atoms with Crippen LogP contribution in [0.15, 0.2) is 30.5 Å². The number of aromatic hydroxyl groups is 1. The molecule has 9 heteroatoms. The Morgan fingerprint density at radius 2 is 2.15 bits per heavy atom. The Labute approximate surface area is 117 Å². The highest BCUT2D eigenvalue weighted by atomic mass is 35.5. The van der Waals surface area contributed by atoms with E-state index < -0.39 is 16.5 Å². The number of amides is 1. The summed E-state index contributed by atoms with van der Waals surface area (Å²) in [5.74, 6) is -1.51. The average molecular weight is 295 g/mol. The lowest BCUT2D eigenvalue weighted by atomic mass is 10.3. The number of hydrogen-bond acceptors (Lipinski definition) is 6. The molecule has 0 aliphatic heterocycles. The minimum absolute atomic E-state index is 0.0175. The van der Waals surface area contributed by atoms with Crippen LogP contribution in [0.25, 0.3) is 0 Å². The second-order valence-electron chi connectivity index (χ2n) is 3.58. The predicted octanol–water partition coefficient (Wildman–Crippen LogP) is 2.00.